The van der Waals surface area contributed by atoms with Crippen molar-refractivity contribution < 1.29 is 22.5 Å². The van der Waals surface area contributed by atoms with Crippen molar-refractivity contribution in [1.29, 1.82) is 0 Å². The van der Waals surface area contributed by atoms with Gasteiger partial charge in [0.05, 0.1) is 37.7 Å². The highest BCUT2D eigenvalue weighted by Gasteiger charge is 2.42. The molecule has 1 unspecified atom stereocenters. The molecule has 0 aromatic heterocycles. The lowest BCUT2D eigenvalue weighted by atomic mass is 9.88. The summed E-state index contributed by atoms with van der Waals surface area (Å²) in [4.78, 5) is 6.94. The van der Waals surface area contributed by atoms with E-state index in [0.717, 1.165) is 11.8 Å². The lowest BCUT2D eigenvalue weighted by Crippen LogP contribution is -2.41. The molecule has 2 rings (SSSR count). The van der Waals surface area contributed by atoms with Gasteiger partial charge in [0.1, 0.15) is 0 Å². The van der Waals surface area contributed by atoms with E-state index in [0.29, 0.717) is 18.8 Å². The van der Waals surface area contributed by atoms with Crippen LogP contribution >= 0.6 is 0 Å². The summed E-state index contributed by atoms with van der Waals surface area (Å²) in [5, 5.41) is 9.86. The van der Waals surface area contributed by atoms with Crippen LogP contribution in [-0.2, 0) is 25.7 Å². The summed E-state index contributed by atoms with van der Waals surface area (Å²) >= 11 is 0. The Hall–Kier alpha value is -1.61. The molecule has 0 bridgehead atoms. The van der Waals surface area contributed by atoms with Crippen molar-refractivity contribution in [2.45, 2.75) is 6.54 Å². The number of nitrogens with zero attached hydrogens (tertiary/aromatic N) is 1. The van der Waals surface area contributed by atoms with E-state index < -0.39 is 15.5 Å². The number of benzene rings is 1. The molecule has 128 valence electrons. The van der Waals surface area contributed by atoms with Crippen molar-refractivity contribution in [3.05, 3.63) is 47.8 Å². The molecule has 0 amide bonds. The minimum Gasteiger partial charge on any atom is -0.395 e. The maximum absolute atomic E-state index is 11.3. The first-order valence-electron chi connectivity index (χ1n) is 7.13. The van der Waals surface area contributed by atoms with E-state index in [1.807, 2.05) is 41.4 Å². The third-order valence-electron chi connectivity index (χ3n) is 3.68. The summed E-state index contributed by atoms with van der Waals surface area (Å²) < 4.78 is 27.5. The average molecular weight is 342 g/mol. The fourth-order valence-corrected chi connectivity index (χ4v) is 2.97. The van der Waals surface area contributed by atoms with Gasteiger partial charge >= 0.3 is 0 Å². The average Bonchev–Trinajstić information content (AvgIpc) is 2.84. The molecule has 0 spiro atoms. The van der Waals surface area contributed by atoms with Crippen molar-refractivity contribution in [2.75, 3.05) is 33.1 Å². The molecular formula is C15H22N2O5S. The maximum atomic E-state index is 11.3. The van der Waals surface area contributed by atoms with Crippen molar-refractivity contribution >= 4 is 10.1 Å². The molecule has 1 atom stereocenters. The smallest absolute Gasteiger partial charge is 0.264 e. The highest BCUT2D eigenvalue weighted by molar-refractivity contribution is 7.85. The predicted molar refractivity (Wildman–Crippen MR) is 85.4 cm³/mol. The zero-order chi connectivity index (χ0) is 16.9. The maximum Gasteiger partial charge on any atom is 0.264 e. The molecule has 7 nitrogen and oxygen atoms in total. The number of hydrogen-bond acceptors (Lipinski definition) is 7. The second-order valence-electron chi connectivity index (χ2n) is 5.64. The van der Waals surface area contributed by atoms with Crippen molar-refractivity contribution in [3.8, 4) is 0 Å². The number of hydroxylamine groups is 1. The normalized spacial score (nSPS) is 21.3. The van der Waals surface area contributed by atoms with Crippen LogP contribution in [0.15, 0.2) is 42.2 Å². The number of hydrogen-bond donors (Lipinski definition) is 2. The van der Waals surface area contributed by atoms with Crippen molar-refractivity contribution in [1.82, 2.24) is 10.4 Å². The molecule has 0 aliphatic carbocycles. The molecule has 1 heterocycles. The van der Waals surface area contributed by atoms with Gasteiger partial charge in [0, 0.05) is 19.3 Å². The number of aliphatic hydroxyl groups is 1. The Labute approximate surface area is 136 Å². The number of aliphatic hydroxyl groups excluding tert-OH is 1. The third-order valence-corrected chi connectivity index (χ3v) is 4.23. The van der Waals surface area contributed by atoms with Gasteiger partial charge in [-0.1, -0.05) is 30.3 Å². The first-order chi connectivity index (χ1) is 10.9. The summed E-state index contributed by atoms with van der Waals surface area (Å²) in [7, 11) is -2.14. The molecule has 0 radical (unpaired) electrons. The van der Waals surface area contributed by atoms with E-state index in [4.69, 9.17) is 9.02 Å². The largest absolute Gasteiger partial charge is 0.395 e. The van der Waals surface area contributed by atoms with Crippen molar-refractivity contribution in [3.63, 3.8) is 0 Å². The van der Waals surface area contributed by atoms with Gasteiger partial charge in [0.15, 0.2) is 0 Å². The molecule has 1 aliphatic heterocycles. The van der Waals surface area contributed by atoms with E-state index in [2.05, 4.69) is 5.48 Å². The highest BCUT2D eigenvalue weighted by atomic mass is 32.2. The van der Waals surface area contributed by atoms with E-state index in [1.54, 1.807) is 0 Å². The van der Waals surface area contributed by atoms with Gasteiger partial charge in [-0.3, -0.25) is 14.5 Å². The molecule has 2 N–H and O–H groups in total. The second kappa shape index (κ2) is 7.31. The van der Waals surface area contributed by atoms with Crippen LogP contribution in [0.3, 0.4) is 0 Å². The molecule has 0 saturated heterocycles. The summed E-state index contributed by atoms with van der Waals surface area (Å²) in [5.74, 6) is 0. The number of rotatable bonds is 8. The molecule has 1 aromatic rings. The van der Waals surface area contributed by atoms with Gasteiger partial charge in [-0.25, -0.2) is 0 Å². The predicted octanol–water partition coefficient (Wildman–Crippen LogP) is 0.450. The molecule has 0 saturated carbocycles. The molecule has 0 fully saturated rings. The van der Waals surface area contributed by atoms with Crippen LogP contribution in [0.4, 0.5) is 0 Å². The van der Waals surface area contributed by atoms with E-state index in [-0.39, 0.29) is 13.2 Å². The summed E-state index contributed by atoms with van der Waals surface area (Å²) in [6.07, 6.45) is 2.81. The van der Waals surface area contributed by atoms with Crippen LogP contribution in [-0.4, -0.2) is 51.5 Å². The third kappa shape index (κ3) is 4.68. The molecule has 23 heavy (non-hydrogen) atoms. The van der Waals surface area contributed by atoms with Crippen molar-refractivity contribution in [2.24, 2.45) is 5.41 Å². The van der Waals surface area contributed by atoms with Crippen LogP contribution in [0.1, 0.15) is 5.56 Å². The van der Waals surface area contributed by atoms with Crippen LogP contribution in [0.2, 0.25) is 0 Å². The van der Waals surface area contributed by atoms with Crippen LogP contribution < -0.4 is 5.48 Å². The monoisotopic (exact) mass is 342 g/mol. The molecule has 1 aromatic carbocycles. The molecule has 1 aliphatic rings. The minimum atomic E-state index is -3.60. The summed E-state index contributed by atoms with van der Waals surface area (Å²) in [6, 6.07) is 9.86. The Bertz CT molecular complexity index is 647. The van der Waals surface area contributed by atoms with Crippen LogP contribution in [0.25, 0.3) is 0 Å². The Kier molecular flexibility index (Phi) is 5.64. The van der Waals surface area contributed by atoms with Gasteiger partial charge in [-0.2, -0.15) is 8.42 Å². The minimum absolute atomic E-state index is 0.157. The Morgan fingerprint density at radius 1 is 1.35 bits per heavy atom. The Morgan fingerprint density at radius 2 is 2.04 bits per heavy atom. The quantitative estimate of drug-likeness (QED) is 0.524. The highest BCUT2D eigenvalue weighted by Crippen LogP contribution is 2.34. The fraction of sp³-hybridized carbons (Fsp3) is 0.467. The number of nitrogens with one attached hydrogen (secondary N) is 1. The van der Waals surface area contributed by atoms with Crippen LogP contribution in [0.5, 0.6) is 0 Å². The van der Waals surface area contributed by atoms with Gasteiger partial charge in [-0.15, -0.1) is 0 Å². The van der Waals surface area contributed by atoms with Gasteiger partial charge in [-0.05, 0) is 5.56 Å². The molecular weight excluding hydrogens is 320 g/mol. The summed E-state index contributed by atoms with van der Waals surface area (Å²) in [5.41, 5.74) is 3.54. The first-order valence-corrected chi connectivity index (χ1v) is 8.95. The lowest BCUT2D eigenvalue weighted by Gasteiger charge is -2.30. The first kappa shape index (κ1) is 17.7. The van der Waals surface area contributed by atoms with Gasteiger partial charge in [0.25, 0.3) is 10.1 Å². The Morgan fingerprint density at radius 3 is 2.61 bits per heavy atom. The SMILES string of the molecule is CONC1=CN(Cc2ccccc2)CC1(CO)COS(C)(=O)=O. The standard InChI is InChI=1S/C15H22N2O5S/c1-21-16-14-9-17(8-13-6-4-3-5-7-13)10-15(14,11-18)12-22-23(2,19)20/h3-7,9,16,18H,8,10-12H2,1-2H3. The Balaban J connectivity index is 2.16. The topological polar surface area (TPSA) is 88.1 Å². The van der Waals surface area contributed by atoms with Gasteiger partial charge < -0.3 is 10.0 Å². The lowest BCUT2D eigenvalue weighted by molar-refractivity contribution is 0.0459. The summed E-state index contributed by atoms with van der Waals surface area (Å²) in [6.45, 7) is 0.627. The van der Waals surface area contributed by atoms with E-state index in [1.165, 1.54) is 7.11 Å². The second-order valence-corrected chi connectivity index (χ2v) is 7.29. The van der Waals surface area contributed by atoms with E-state index in [9.17, 15) is 13.5 Å². The zero-order valence-electron chi connectivity index (χ0n) is 13.2. The van der Waals surface area contributed by atoms with Crippen LogP contribution in [0, 0.1) is 5.41 Å². The van der Waals surface area contributed by atoms with Gasteiger partial charge in [0.2, 0.25) is 0 Å². The fourth-order valence-electron chi connectivity index (χ4n) is 2.53. The molecule has 8 heteroatoms. The van der Waals surface area contributed by atoms with E-state index >= 15 is 0 Å². The zero-order valence-corrected chi connectivity index (χ0v) is 14.0.